The van der Waals surface area contributed by atoms with Crippen molar-refractivity contribution in [3.8, 4) is 0 Å². The fourth-order valence-corrected chi connectivity index (χ4v) is 4.54. The van der Waals surface area contributed by atoms with Crippen molar-refractivity contribution >= 4 is 21.6 Å². The third kappa shape index (κ3) is 4.50. The zero-order chi connectivity index (χ0) is 19.4. The quantitative estimate of drug-likeness (QED) is 0.711. The number of carbonyl (C=O) groups excluding carboxylic acids is 2. The number of rotatable bonds is 6. The van der Waals surface area contributed by atoms with Gasteiger partial charge in [-0.2, -0.15) is 4.31 Å². The van der Waals surface area contributed by atoms with Crippen LogP contribution in [0.5, 0.6) is 0 Å². The van der Waals surface area contributed by atoms with E-state index in [0.29, 0.717) is 37.3 Å². The van der Waals surface area contributed by atoms with Crippen LogP contribution in [0.4, 0.5) is 0 Å². The van der Waals surface area contributed by atoms with E-state index in [9.17, 15) is 18.0 Å². The summed E-state index contributed by atoms with van der Waals surface area (Å²) < 4.78 is 27.1. The molecule has 0 saturated carbocycles. The molecule has 7 heteroatoms. The molecule has 0 spiro atoms. The van der Waals surface area contributed by atoms with Crippen molar-refractivity contribution in [2.24, 2.45) is 0 Å². The number of hydrogen-bond acceptors (Lipinski definition) is 5. The molecule has 1 aliphatic rings. The summed E-state index contributed by atoms with van der Waals surface area (Å²) >= 11 is 0. The first kappa shape index (κ1) is 19.4. The molecule has 27 heavy (non-hydrogen) atoms. The Balaban J connectivity index is 1.64. The van der Waals surface area contributed by atoms with E-state index in [-0.39, 0.29) is 23.0 Å². The van der Waals surface area contributed by atoms with Gasteiger partial charge in [0.05, 0.1) is 11.4 Å². The lowest BCUT2D eigenvalue weighted by Crippen LogP contribution is -2.49. The van der Waals surface area contributed by atoms with E-state index < -0.39 is 10.0 Å². The smallest absolute Gasteiger partial charge is 0.243 e. The minimum absolute atomic E-state index is 0.0288. The first-order valence-electron chi connectivity index (χ1n) is 8.80. The summed E-state index contributed by atoms with van der Waals surface area (Å²) in [5.74, 6) is -0.141. The van der Waals surface area contributed by atoms with Crippen LogP contribution >= 0.6 is 0 Å². The van der Waals surface area contributed by atoms with Crippen LogP contribution in [-0.4, -0.2) is 61.9 Å². The molecular formula is C20H22N2O4S. The van der Waals surface area contributed by atoms with Gasteiger partial charge in [0.15, 0.2) is 11.6 Å². The second kappa shape index (κ2) is 8.12. The molecular weight excluding hydrogens is 364 g/mol. The summed E-state index contributed by atoms with van der Waals surface area (Å²) in [6.07, 6.45) is 0. The average molecular weight is 386 g/mol. The van der Waals surface area contributed by atoms with E-state index in [2.05, 4.69) is 0 Å². The van der Waals surface area contributed by atoms with Gasteiger partial charge in [-0.15, -0.1) is 0 Å². The Morgan fingerprint density at radius 1 is 0.889 bits per heavy atom. The minimum atomic E-state index is -3.65. The topological polar surface area (TPSA) is 74.8 Å². The molecule has 0 radical (unpaired) electrons. The Bertz CT molecular complexity index is 933. The van der Waals surface area contributed by atoms with Crippen molar-refractivity contribution in [2.75, 3.05) is 32.7 Å². The van der Waals surface area contributed by atoms with Gasteiger partial charge in [0.25, 0.3) is 0 Å². The SMILES string of the molecule is CC(=O)c1cccc(S(=O)(=O)N2CCN(CC(=O)c3ccccc3)CC2)c1. The number of piperazine rings is 1. The molecule has 1 aliphatic heterocycles. The molecule has 3 rings (SSSR count). The van der Waals surface area contributed by atoms with Gasteiger partial charge in [0.1, 0.15) is 0 Å². The molecule has 0 N–H and O–H groups in total. The molecule has 142 valence electrons. The third-order valence-electron chi connectivity index (χ3n) is 4.67. The van der Waals surface area contributed by atoms with Gasteiger partial charge in [-0.25, -0.2) is 8.42 Å². The van der Waals surface area contributed by atoms with Crippen LogP contribution < -0.4 is 0 Å². The first-order valence-corrected chi connectivity index (χ1v) is 10.2. The summed E-state index contributed by atoms with van der Waals surface area (Å²) in [5.41, 5.74) is 1.04. The zero-order valence-electron chi connectivity index (χ0n) is 15.2. The molecule has 0 unspecified atom stereocenters. The molecule has 0 aliphatic carbocycles. The highest BCUT2D eigenvalue weighted by Crippen LogP contribution is 2.19. The highest BCUT2D eigenvalue weighted by atomic mass is 32.2. The van der Waals surface area contributed by atoms with Gasteiger partial charge in [-0.3, -0.25) is 14.5 Å². The minimum Gasteiger partial charge on any atom is -0.295 e. The van der Waals surface area contributed by atoms with E-state index >= 15 is 0 Å². The summed E-state index contributed by atoms with van der Waals surface area (Å²) in [7, 11) is -3.65. The van der Waals surface area contributed by atoms with Crippen LogP contribution in [0.15, 0.2) is 59.5 Å². The Morgan fingerprint density at radius 2 is 1.52 bits per heavy atom. The summed E-state index contributed by atoms with van der Waals surface area (Å²) in [6, 6.07) is 15.2. The van der Waals surface area contributed by atoms with Crippen LogP contribution in [0.2, 0.25) is 0 Å². The molecule has 2 aromatic rings. The van der Waals surface area contributed by atoms with Crippen molar-refractivity contribution in [2.45, 2.75) is 11.8 Å². The molecule has 1 saturated heterocycles. The van der Waals surface area contributed by atoms with Crippen LogP contribution in [0.3, 0.4) is 0 Å². The van der Waals surface area contributed by atoms with Gasteiger partial charge in [0, 0.05) is 37.3 Å². The maximum Gasteiger partial charge on any atom is 0.243 e. The number of carbonyl (C=O) groups is 2. The average Bonchev–Trinajstić information content (AvgIpc) is 2.69. The predicted molar refractivity (Wildman–Crippen MR) is 102 cm³/mol. The second-order valence-corrected chi connectivity index (χ2v) is 8.49. The summed E-state index contributed by atoms with van der Waals surface area (Å²) in [5, 5.41) is 0. The van der Waals surface area contributed by atoms with Gasteiger partial charge in [-0.05, 0) is 19.1 Å². The fourth-order valence-electron chi connectivity index (χ4n) is 3.07. The van der Waals surface area contributed by atoms with Crippen molar-refractivity contribution in [3.63, 3.8) is 0 Å². The first-order chi connectivity index (χ1) is 12.9. The second-order valence-electron chi connectivity index (χ2n) is 6.55. The molecule has 2 aromatic carbocycles. The standard InChI is InChI=1S/C20H22N2O4S/c1-16(23)18-8-5-9-19(14-18)27(25,26)22-12-10-21(11-13-22)15-20(24)17-6-3-2-4-7-17/h2-9,14H,10-13,15H2,1H3. The van der Waals surface area contributed by atoms with Crippen molar-refractivity contribution in [1.82, 2.24) is 9.21 Å². The lowest BCUT2D eigenvalue weighted by Gasteiger charge is -2.33. The molecule has 1 fully saturated rings. The largest absolute Gasteiger partial charge is 0.295 e. The van der Waals surface area contributed by atoms with Crippen LogP contribution in [0.1, 0.15) is 27.6 Å². The monoisotopic (exact) mass is 386 g/mol. The molecule has 0 bridgehead atoms. The van der Waals surface area contributed by atoms with E-state index in [1.807, 2.05) is 23.1 Å². The van der Waals surface area contributed by atoms with Gasteiger partial charge < -0.3 is 0 Å². The van der Waals surface area contributed by atoms with Gasteiger partial charge in [0.2, 0.25) is 10.0 Å². The Labute approximate surface area is 159 Å². The Morgan fingerprint density at radius 3 is 2.15 bits per heavy atom. The highest BCUT2D eigenvalue weighted by Gasteiger charge is 2.29. The van der Waals surface area contributed by atoms with Crippen molar-refractivity contribution < 1.29 is 18.0 Å². The lowest BCUT2D eigenvalue weighted by molar-refractivity contribution is 0.0901. The van der Waals surface area contributed by atoms with Crippen LogP contribution in [0.25, 0.3) is 0 Å². The predicted octanol–water partition coefficient (Wildman–Crippen LogP) is 2.08. The fraction of sp³-hybridized carbons (Fsp3) is 0.300. The number of nitrogens with zero attached hydrogens (tertiary/aromatic N) is 2. The van der Waals surface area contributed by atoms with E-state index in [4.69, 9.17) is 0 Å². The van der Waals surface area contributed by atoms with Crippen LogP contribution in [-0.2, 0) is 10.0 Å². The number of Topliss-reactive ketones (excluding diaryl/α,β-unsaturated/α-hetero) is 2. The van der Waals surface area contributed by atoms with Crippen molar-refractivity contribution in [3.05, 3.63) is 65.7 Å². The molecule has 6 nitrogen and oxygen atoms in total. The maximum atomic E-state index is 12.8. The maximum absolute atomic E-state index is 12.8. The normalized spacial score (nSPS) is 16.2. The number of ketones is 2. The van der Waals surface area contributed by atoms with E-state index in [1.165, 1.54) is 23.4 Å². The van der Waals surface area contributed by atoms with E-state index in [0.717, 1.165) is 0 Å². The Hall–Kier alpha value is -2.35. The van der Waals surface area contributed by atoms with Crippen molar-refractivity contribution in [1.29, 1.82) is 0 Å². The molecule has 1 heterocycles. The third-order valence-corrected chi connectivity index (χ3v) is 6.57. The summed E-state index contributed by atoms with van der Waals surface area (Å²) in [4.78, 5) is 25.9. The lowest BCUT2D eigenvalue weighted by atomic mass is 10.1. The number of sulfonamides is 1. The van der Waals surface area contributed by atoms with E-state index in [1.54, 1.807) is 24.3 Å². The molecule has 0 atom stereocenters. The van der Waals surface area contributed by atoms with Gasteiger partial charge >= 0.3 is 0 Å². The van der Waals surface area contributed by atoms with Gasteiger partial charge in [-0.1, -0.05) is 42.5 Å². The Kier molecular flexibility index (Phi) is 5.84. The number of hydrogen-bond donors (Lipinski definition) is 0. The zero-order valence-corrected chi connectivity index (χ0v) is 16.0. The van der Waals surface area contributed by atoms with Crippen LogP contribution in [0, 0.1) is 0 Å². The molecule has 0 amide bonds. The highest BCUT2D eigenvalue weighted by molar-refractivity contribution is 7.89. The molecule has 0 aromatic heterocycles. The summed E-state index contributed by atoms with van der Waals surface area (Å²) in [6.45, 7) is 3.30. The number of benzene rings is 2.